The highest BCUT2D eigenvalue weighted by Crippen LogP contribution is 2.11. The molecule has 8 heteroatoms. The molecule has 116 valence electrons. The number of nitrogens with zero attached hydrogens (tertiary/aromatic N) is 2. The molecular formula is C12H25N5O2S. The zero-order valence-corrected chi connectivity index (χ0v) is 13.2. The minimum Gasteiger partial charge on any atom is -0.317 e. The minimum absolute atomic E-state index is 0.306. The Labute approximate surface area is 121 Å². The van der Waals surface area contributed by atoms with Gasteiger partial charge < -0.3 is 5.32 Å². The van der Waals surface area contributed by atoms with Crippen molar-refractivity contribution in [2.24, 2.45) is 0 Å². The summed E-state index contributed by atoms with van der Waals surface area (Å²) in [5.41, 5.74) is 0.812. The average molecular weight is 303 g/mol. The highest BCUT2D eigenvalue weighted by atomic mass is 32.2. The second-order valence-corrected chi connectivity index (χ2v) is 6.61. The summed E-state index contributed by atoms with van der Waals surface area (Å²) in [5, 5.41) is 9.74. The zero-order valence-electron chi connectivity index (χ0n) is 12.4. The summed E-state index contributed by atoms with van der Waals surface area (Å²) in [6.45, 7) is 6.17. The monoisotopic (exact) mass is 303 g/mol. The van der Waals surface area contributed by atoms with Crippen molar-refractivity contribution in [3.05, 3.63) is 18.0 Å². The summed E-state index contributed by atoms with van der Waals surface area (Å²) >= 11 is 0. The summed E-state index contributed by atoms with van der Waals surface area (Å²) in [5.74, 6) is 0. The quantitative estimate of drug-likeness (QED) is 0.553. The Morgan fingerprint density at radius 1 is 1.45 bits per heavy atom. The molecule has 1 heterocycles. The average Bonchev–Trinajstić information content (AvgIpc) is 2.91. The maximum atomic E-state index is 12.1. The first-order valence-electron chi connectivity index (χ1n) is 6.90. The third-order valence-corrected chi connectivity index (χ3v) is 4.66. The first kappa shape index (κ1) is 17.1. The van der Waals surface area contributed by atoms with Gasteiger partial charge in [0.25, 0.3) is 10.2 Å². The number of rotatable bonds is 10. The van der Waals surface area contributed by atoms with Gasteiger partial charge in [-0.1, -0.05) is 6.92 Å². The first-order chi connectivity index (χ1) is 9.47. The molecule has 1 atom stereocenters. The van der Waals surface area contributed by atoms with Gasteiger partial charge in [-0.3, -0.25) is 5.10 Å². The molecule has 0 fully saturated rings. The van der Waals surface area contributed by atoms with Gasteiger partial charge in [0.05, 0.1) is 6.20 Å². The lowest BCUT2D eigenvalue weighted by Gasteiger charge is -2.20. The van der Waals surface area contributed by atoms with Crippen LogP contribution in [0, 0.1) is 0 Å². The van der Waals surface area contributed by atoms with Gasteiger partial charge in [0.1, 0.15) is 0 Å². The van der Waals surface area contributed by atoms with E-state index >= 15 is 0 Å². The van der Waals surface area contributed by atoms with Crippen molar-refractivity contribution in [2.45, 2.75) is 32.7 Å². The molecule has 0 amide bonds. The summed E-state index contributed by atoms with van der Waals surface area (Å²) in [6, 6.07) is -0.306. The van der Waals surface area contributed by atoms with Crippen LogP contribution < -0.4 is 10.0 Å². The van der Waals surface area contributed by atoms with Gasteiger partial charge in [-0.15, -0.1) is 0 Å². The summed E-state index contributed by atoms with van der Waals surface area (Å²) in [6.07, 6.45) is 5.17. The lowest BCUT2D eigenvalue weighted by molar-refractivity contribution is 0.438. The van der Waals surface area contributed by atoms with Crippen molar-refractivity contribution < 1.29 is 8.42 Å². The molecule has 0 saturated carbocycles. The van der Waals surface area contributed by atoms with E-state index < -0.39 is 10.2 Å². The fourth-order valence-electron chi connectivity index (χ4n) is 1.73. The van der Waals surface area contributed by atoms with Crippen LogP contribution in [0.25, 0.3) is 0 Å². The standard InChI is InChI=1S/C12H25N5O2S/c1-4-6-13-7-5-8-17(3)20(18,19)16-11(2)12-9-14-15-10-12/h9-11,13,16H,4-8H2,1-3H3,(H,14,15). The van der Waals surface area contributed by atoms with Crippen molar-refractivity contribution in [3.8, 4) is 0 Å². The van der Waals surface area contributed by atoms with Gasteiger partial charge in [-0.2, -0.15) is 22.5 Å². The smallest absolute Gasteiger partial charge is 0.279 e. The van der Waals surface area contributed by atoms with Crippen LogP contribution in [-0.4, -0.2) is 49.6 Å². The highest BCUT2D eigenvalue weighted by molar-refractivity contribution is 7.87. The Kier molecular flexibility index (Phi) is 7.14. The van der Waals surface area contributed by atoms with Crippen LogP contribution in [0.1, 0.15) is 38.3 Å². The fraction of sp³-hybridized carbons (Fsp3) is 0.750. The van der Waals surface area contributed by atoms with Gasteiger partial charge in [0.15, 0.2) is 0 Å². The number of H-pyrrole nitrogens is 1. The number of hydrogen-bond acceptors (Lipinski definition) is 4. The molecule has 20 heavy (non-hydrogen) atoms. The van der Waals surface area contributed by atoms with Crippen LogP contribution >= 0.6 is 0 Å². The maximum Gasteiger partial charge on any atom is 0.279 e. The number of aromatic amines is 1. The SMILES string of the molecule is CCCNCCCN(C)S(=O)(=O)NC(C)c1cn[nH]c1. The van der Waals surface area contributed by atoms with E-state index in [9.17, 15) is 8.42 Å². The van der Waals surface area contributed by atoms with Crippen molar-refractivity contribution in [3.63, 3.8) is 0 Å². The molecule has 0 aliphatic heterocycles. The van der Waals surface area contributed by atoms with Crippen LogP contribution in [0.3, 0.4) is 0 Å². The van der Waals surface area contributed by atoms with Crippen molar-refractivity contribution >= 4 is 10.2 Å². The van der Waals surface area contributed by atoms with Gasteiger partial charge in [0.2, 0.25) is 0 Å². The van der Waals surface area contributed by atoms with Gasteiger partial charge >= 0.3 is 0 Å². The third-order valence-electron chi connectivity index (χ3n) is 3.01. The Balaban J connectivity index is 2.39. The van der Waals surface area contributed by atoms with E-state index in [2.05, 4.69) is 27.2 Å². The molecule has 0 aliphatic carbocycles. The maximum absolute atomic E-state index is 12.1. The summed E-state index contributed by atoms with van der Waals surface area (Å²) in [4.78, 5) is 0. The molecule has 0 aromatic carbocycles. The van der Waals surface area contributed by atoms with E-state index in [0.717, 1.165) is 31.5 Å². The third kappa shape index (κ3) is 5.58. The molecule has 1 aromatic rings. The second kappa shape index (κ2) is 8.35. The molecular weight excluding hydrogens is 278 g/mol. The Morgan fingerprint density at radius 2 is 2.20 bits per heavy atom. The molecule has 7 nitrogen and oxygen atoms in total. The van der Waals surface area contributed by atoms with E-state index in [1.165, 1.54) is 4.31 Å². The van der Waals surface area contributed by atoms with Gasteiger partial charge in [-0.25, -0.2) is 0 Å². The molecule has 3 N–H and O–H groups in total. The van der Waals surface area contributed by atoms with Crippen molar-refractivity contribution in [1.29, 1.82) is 0 Å². The Bertz CT molecular complexity index is 460. The molecule has 1 unspecified atom stereocenters. The van der Waals surface area contributed by atoms with Crippen LogP contribution in [-0.2, 0) is 10.2 Å². The Hall–Kier alpha value is -0.960. The normalized spacial score (nSPS) is 13.8. The fourth-order valence-corrected chi connectivity index (χ4v) is 2.86. The van der Waals surface area contributed by atoms with Crippen LogP contribution in [0.15, 0.2) is 12.4 Å². The molecule has 0 bridgehead atoms. The van der Waals surface area contributed by atoms with E-state index in [4.69, 9.17) is 0 Å². The summed E-state index contributed by atoms with van der Waals surface area (Å²) in [7, 11) is -1.88. The topological polar surface area (TPSA) is 90.1 Å². The highest BCUT2D eigenvalue weighted by Gasteiger charge is 2.20. The van der Waals surface area contributed by atoms with Crippen molar-refractivity contribution in [1.82, 2.24) is 24.5 Å². The van der Waals surface area contributed by atoms with E-state index in [-0.39, 0.29) is 6.04 Å². The van der Waals surface area contributed by atoms with Crippen molar-refractivity contribution in [2.75, 3.05) is 26.7 Å². The Morgan fingerprint density at radius 3 is 2.80 bits per heavy atom. The second-order valence-electron chi connectivity index (χ2n) is 4.80. The number of nitrogens with one attached hydrogen (secondary N) is 3. The van der Waals surface area contributed by atoms with Gasteiger partial charge in [-0.05, 0) is 32.9 Å². The van der Waals surface area contributed by atoms with E-state index in [1.54, 1.807) is 26.4 Å². The van der Waals surface area contributed by atoms with E-state index in [0.29, 0.717) is 6.54 Å². The van der Waals surface area contributed by atoms with Crippen LogP contribution in [0.4, 0.5) is 0 Å². The largest absolute Gasteiger partial charge is 0.317 e. The van der Waals surface area contributed by atoms with Gasteiger partial charge in [0, 0.05) is 31.4 Å². The zero-order chi connectivity index (χ0) is 15.0. The first-order valence-corrected chi connectivity index (χ1v) is 8.34. The molecule has 0 spiro atoms. The predicted molar refractivity (Wildman–Crippen MR) is 79.5 cm³/mol. The number of hydrogen-bond donors (Lipinski definition) is 3. The lowest BCUT2D eigenvalue weighted by Crippen LogP contribution is -2.40. The molecule has 0 aliphatic rings. The molecule has 0 radical (unpaired) electrons. The predicted octanol–water partition coefficient (Wildman–Crippen LogP) is 0.627. The lowest BCUT2D eigenvalue weighted by atomic mass is 10.2. The molecule has 1 aromatic heterocycles. The summed E-state index contributed by atoms with van der Waals surface area (Å²) < 4.78 is 28.2. The number of aromatic nitrogens is 2. The van der Waals surface area contributed by atoms with E-state index in [1.807, 2.05) is 0 Å². The van der Waals surface area contributed by atoms with Crippen LogP contribution in [0.2, 0.25) is 0 Å². The molecule has 1 rings (SSSR count). The van der Waals surface area contributed by atoms with Crippen LogP contribution in [0.5, 0.6) is 0 Å². The minimum atomic E-state index is -3.46. The molecule has 0 saturated heterocycles.